The Morgan fingerprint density at radius 2 is 1.91 bits per heavy atom. The first-order valence-corrected chi connectivity index (χ1v) is 10.3. The first kappa shape index (κ1) is 16.7. The van der Waals surface area contributed by atoms with Crippen LogP contribution in [0.4, 0.5) is 0 Å². The number of hydrogen-bond acceptors (Lipinski definition) is 4. The van der Waals surface area contributed by atoms with Crippen molar-refractivity contribution in [2.24, 2.45) is 0 Å². The Balaban J connectivity index is 1.84. The molecule has 1 saturated heterocycles. The van der Waals surface area contributed by atoms with E-state index in [9.17, 15) is 13.2 Å². The standard InChI is InChI=1S/C15H17ClN2O3S2/c1-23(20,21)18-8-4-7-17(9-10-18)15(19)14-13(16)11-5-2-3-6-12(11)22-14/h2-3,5-6H,4,7-10H2,1H3. The lowest BCUT2D eigenvalue weighted by Crippen LogP contribution is -2.36. The molecule has 0 aliphatic carbocycles. The molecule has 1 amide bonds. The molecule has 23 heavy (non-hydrogen) atoms. The van der Waals surface area contributed by atoms with Crippen molar-refractivity contribution >= 4 is 49.0 Å². The number of sulfonamides is 1. The summed E-state index contributed by atoms with van der Waals surface area (Å²) in [5.41, 5.74) is 0. The minimum atomic E-state index is -3.22. The SMILES string of the molecule is CS(=O)(=O)N1CCCN(C(=O)c2sc3ccccc3c2Cl)CC1. The van der Waals surface area contributed by atoms with Crippen LogP contribution in [0.3, 0.4) is 0 Å². The average molecular weight is 373 g/mol. The summed E-state index contributed by atoms with van der Waals surface area (Å²) in [7, 11) is -3.22. The highest BCUT2D eigenvalue weighted by atomic mass is 35.5. The van der Waals surface area contributed by atoms with Crippen LogP contribution in [-0.4, -0.2) is 56.0 Å². The van der Waals surface area contributed by atoms with Crippen molar-refractivity contribution in [2.75, 3.05) is 32.4 Å². The van der Waals surface area contributed by atoms with E-state index in [0.717, 1.165) is 10.1 Å². The van der Waals surface area contributed by atoms with Crippen LogP contribution in [0.2, 0.25) is 5.02 Å². The molecule has 0 bridgehead atoms. The Kier molecular flexibility index (Phi) is 4.64. The zero-order valence-electron chi connectivity index (χ0n) is 12.7. The van der Waals surface area contributed by atoms with Crippen LogP contribution in [0.1, 0.15) is 16.1 Å². The average Bonchev–Trinajstić information content (AvgIpc) is 2.70. The number of amides is 1. The van der Waals surface area contributed by atoms with Gasteiger partial charge in [-0.15, -0.1) is 11.3 Å². The second kappa shape index (κ2) is 6.39. The van der Waals surface area contributed by atoms with Crippen LogP contribution in [-0.2, 0) is 10.0 Å². The van der Waals surface area contributed by atoms with Crippen molar-refractivity contribution in [3.05, 3.63) is 34.2 Å². The van der Waals surface area contributed by atoms with Gasteiger partial charge in [0, 0.05) is 36.3 Å². The molecule has 0 unspecified atom stereocenters. The molecule has 2 aromatic rings. The number of halogens is 1. The van der Waals surface area contributed by atoms with Gasteiger partial charge in [-0.25, -0.2) is 12.7 Å². The molecule has 124 valence electrons. The smallest absolute Gasteiger partial charge is 0.265 e. The third-order valence-corrected chi connectivity index (χ3v) is 6.91. The summed E-state index contributed by atoms with van der Waals surface area (Å²) in [6.45, 7) is 1.70. The zero-order chi connectivity index (χ0) is 16.6. The van der Waals surface area contributed by atoms with Gasteiger partial charge in [-0.3, -0.25) is 4.79 Å². The minimum absolute atomic E-state index is 0.119. The predicted octanol–water partition coefficient (Wildman–Crippen LogP) is 2.66. The third-order valence-electron chi connectivity index (χ3n) is 3.94. The van der Waals surface area contributed by atoms with Crippen LogP contribution < -0.4 is 0 Å². The van der Waals surface area contributed by atoms with Crippen LogP contribution in [0, 0.1) is 0 Å². The lowest BCUT2D eigenvalue weighted by atomic mass is 10.2. The predicted molar refractivity (Wildman–Crippen MR) is 93.8 cm³/mol. The molecule has 1 fully saturated rings. The van der Waals surface area contributed by atoms with Crippen LogP contribution >= 0.6 is 22.9 Å². The fourth-order valence-corrected chi connectivity index (χ4v) is 5.08. The largest absolute Gasteiger partial charge is 0.337 e. The van der Waals surface area contributed by atoms with Crippen molar-refractivity contribution in [1.82, 2.24) is 9.21 Å². The quantitative estimate of drug-likeness (QED) is 0.814. The summed E-state index contributed by atoms with van der Waals surface area (Å²) in [6.07, 6.45) is 1.83. The Hall–Kier alpha value is -1.15. The lowest BCUT2D eigenvalue weighted by Gasteiger charge is -2.20. The van der Waals surface area contributed by atoms with E-state index >= 15 is 0 Å². The Labute approximate surface area is 144 Å². The van der Waals surface area contributed by atoms with Gasteiger partial charge in [0.25, 0.3) is 5.91 Å². The molecule has 1 aliphatic rings. The number of hydrogen-bond donors (Lipinski definition) is 0. The summed E-state index contributed by atoms with van der Waals surface area (Å²) in [5.74, 6) is -0.119. The molecule has 0 saturated carbocycles. The van der Waals surface area contributed by atoms with Crippen LogP contribution in [0.15, 0.2) is 24.3 Å². The van der Waals surface area contributed by atoms with Crippen molar-refractivity contribution in [1.29, 1.82) is 0 Å². The lowest BCUT2D eigenvalue weighted by molar-refractivity contribution is 0.0769. The summed E-state index contributed by atoms with van der Waals surface area (Å²) in [5, 5.41) is 1.37. The van der Waals surface area contributed by atoms with Crippen molar-refractivity contribution in [2.45, 2.75) is 6.42 Å². The molecule has 8 heteroatoms. The highest BCUT2D eigenvalue weighted by Crippen LogP contribution is 2.36. The van der Waals surface area contributed by atoms with Gasteiger partial charge in [0.15, 0.2) is 0 Å². The molecule has 0 N–H and O–H groups in total. The molecule has 5 nitrogen and oxygen atoms in total. The maximum Gasteiger partial charge on any atom is 0.265 e. The first-order valence-electron chi connectivity index (χ1n) is 7.29. The van der Waals surface area contributed by atoms with Crippen LogP contribution in [0.25, 0.3) is 10.1 Å². The number of benzene rings is 1. The zero-order valence-corrected chi connectivity index (χ0v) is 15.0. The highest BCUT2D eigenvalue weighted by molar-refractivity contribution is 7.88. The van der Waals surface area contributed by atoms with Crippen molar-refractivity contribution < 1.29 is 13.2 Å². The van der Waals surface area contributed by atoms with Crippen molar-refractivity contribution in [3.63, 3.8) is 0 Å². The fourth-order valence-electron chi connectivity index (χ4n) is 2.72. The van der Waals surface area contributed by atoms with Gasteiger partial charge in [-0.2, -0.15) is 0 Å². The van der Waals surface area contributed by atoms with Gasteiger partial charge in [-0.1, -0.05) is 29.8 Å². The van der Waals surface area contributed by atoms with Crippen LogP contribution in [0.5, 0.6) is 0 Å². The van der Waals surface area contributed by atoms with Gasteiger partial charge in [0.1, 0.15) is 4.88 Å². The normalized spacial score (nSPS) is 17.4. The van der Waals surface area contributed by atoms with E-state index in [1.54, 1.807) is 4.90 Å². The third kappa shape index (κ3) is 3.38. The summed E-state index contributed by atoms with van der Waals surface area (Å²) >= 11 is 7.75. The van der Waals surface area contributed by atoms with Gasteiger partial charge >= 0.3 is 0 Å². The molecule has 1 aromatic heterocycles. The molecule has 0 spiro atoms. The number of thiophene rings is 1. The van der Waals surface area contributed by atoms with E-state index < -0.39 is 10.0 Å². The molecule has 2 heterocycles. The van der Waals surface area contributed by atoms with E-state index in [2.05, 4.69) is 0 Å². The second-order valence-electron chi connectivity index (χ2n) is 5.55. The molecular formula is C15H17ClN2O3S2. The van der Waals surface area contributed by atoms with Gasteiger partial charge in [0.2, 0.25) is 10.0 Å². The fraction of sp³-hybridized carbons (Fsp3) is 0.400. The van der Waals surface area contributed by atoms with Gasteiger partial charge < -0.3 is 4.90 Å². The van der Waals surface area contributed by atoms with E-state index in [1.165, 1.54) is 21.9 Å². The summed E-state index contributed by atoms with van der Waals surface area (Å²) < 4.78 is 25.7. The number of fused-ring (bicyclic) bond motifs is 1. The van der Waals surface area contributed by atoms with Gasteiger partial charge in [-0.05, 0) is 12.5 Å². The van der Waals surface area contributed by atoms with E-state index in [0.29, 0.717) is 42.5 Å². The monoisotopic (exact) mass is 372 g/mol. The Bertz CT molecular complexity index is 848. The maximum absolute atomic E-state index is 12.8. The summed E-state index contributed by atoms with van der Waals surface area (Å²) in [6, 6.07) is 7.65. The molecule has 3 rings (SSSR count). The minimum Gasteiger partial charge on any atom is -0.337 e. The number of rotatable bonds is 2. The molecule has 0 radical (unpaired) electrons. The van der Waals surface area contributed by atoms with Crippen molar-refractivity contribution in [3.8, 4) is 0 Å². The molecule has 1 aliphatic heterocycles. The number of nitrogens with zero attached hydrogens (tertiary/aromatic N) is 2. The molecular weight excluding hydrogens is 356 g/mol. The van der Waals surface area contributed by atoms with E-state index in [1.807, 2.05) is 24.3 Å². The number of carbonyl (C=O) groups is 1. The Morgan fingerprint density at radius 3 is 2.61 bits per heavy atom. The number of carbonyl (C=O) groups excluding carboxylic acids is 1. The topological polar surface area (TPSA) is 57.7 Å². The molecule has 1 aromatic carbocycles. The van der Waals surface area contributed by atoms with Gasteiger partial charge in [0.05, 0.1) is 11.3 Å². The van der Waals surface area contributed by atoms with E-state index in [-0.39, 0.29) is 5.91 Å². The van der Waals surface area contributed by atoms with E-state index in [4.69, 9.17) is 11.6 Å². The molecule has 0 atom stereocenters. The Morgan fingerprint density at radius 1 is 1.17 bits per heavy atom. The highest BCUT2D eigenvalue weighted by Gasteiger charge is 2.27. The summed E-state index contributed by atoms with van der Waals surface area (Å²) in [4.78, 5) is 15.0. The first-order chi connectivity index (χ1) is 10.9. The maximum atomic E-state index is 12.8. The second-order valence-corrected chi connectivity index (χ2v) is 8.96.